The zero-order valence-electron chi connectivity index (χ0n) is 10.0. The molecule has 0 radical (unpaired) electrons. The van der Waals surface area contributed by atoms with Gasteiger partial charge in [0.2, 0.25) is 0 Å². The summed E-state index contributed by atoms with van der Waals surface area (Å²) in [6.45, 7) is 1.69. The Kier molecular flexibility index (Phi) is 3.91. The Morgan fingerprint density at radius 3 is 2.95 bits per heavy atom. The summed E-state index contributed by atoms with van der Waals surface area (Å²) in [5.41, 5.74) is 0.343. The van der Waals surface area contributed by atoms with Crippen molar-refractivity contribution in [3.8, 4) is 0 Å². The summed E-state index contributed by atoms with van der Waals surface area (Å²) >= 11 is 1.28. The van der Waals surface area contributed by atoms with E-state index in [0.717, 1.165) is 0 Å². The zero-order chi connectivity index (χ0) is 13.8. The quantitative estimate of drug-likeness (QED) is 0.798. The van der Waals surface area contributed by atoms with E-state index in [2.05, 4.69) is 15.3 Å². The van der Waals surface area contributed by atoms with Crippen molar-refractivity contribution in [2.24, 2.45) is 0 Å². The van der Waals surface area contributed by atoms with Crippen LogP contribution in [0.15, 0.2) is 11.7 Å². The number of nitrogens with one attached hydrogen (secondary N) is 1. The second-order valence-electron chi connectivity index (χ2n) is 3.52. The fraction of sp³-hybridized carbons (Fsp3) is 0.273. The number of ether oxygens (including phenoxy) is 1. The van der Waals surface area contributed by atoms with Gasteiger partial charge in [-0.05, 0) is 6.92 Å². The average molecular weight is 281 g/mol. The third-order valence-corrected chi connectivity index (χ3v) is 3.16. The zero-order valence-corrected chi connectivity index (χ0v) is 10.9. The van der Waals surface area contributed by atoms with E-state index in [4.69, 9.17) is 9.84 Å². The molecule has 2 heterocycles. The van der Waals surface area contributed by atoms with E-state index in [1.165, 1.54) is 17.7 Å². The van der Waals surface area contributed by atoms with Crippen LogP contribution in [0.25, 0.3) is 10.2 Å². The van der Waals surface area contributed by atoms with Crippen LogP contribution >= 0.6 is 11.3 Å². The lowest BCUT2D eigenvalue weighted by Crippen LogP contribution is -2.14. The molecule has 7 nitrogen and oxygen atoms in total. The van der Waals surface area contributed by atoms with Crippen molar-refractivity contribution in [2.45, 2.75) is 6.92 Å². The first-order valence-corrected chi connectivity index (χ1v) is 6.36. The van der Waals surface area contributed by atoms with Crippen LogP contribution in [-0.4, -0.2) is 40.2 Å². The third kappa shape index (κ3) is 2.79. The van der Waals surface area contributed by atoms with E-state index < -0.39 is 11.9 Å². The number of aromatic nitrogens is 2. The molecule has 100 valence electrons. The van der Waals surface area contributed by atoms with Gasteiger partial charge < -0.3 is 15.2 Å². The predicted octanol–water partition coefficient (Wildman–Crippen LogP) is 1.36. The molecular weight excluding hydrogens is 270 g/mol. The number of carboxylic acid groups (broad SMARTS) is 1. The van der Waals surface area contributed by atoms with Crippen LogP contribution in [0.4, 0.5) is 5.82 Å². The number of hydrogen-bond acceptors (Lipinski definition) is 7. The molecule has 0 saturated heterocycles. The second kappa shape index (κ2) is 5.61. The normalized spacial score (nSPS) is 10.4. The van der Waals surface area contributed by atoms with Gasteiger partial charge in [-0.2, -0.15) is 0 Å². The summed E-state index contributed by atoms with van der Waals surface area (Å²) in [4.78, 5) is 31.0. The Bertz CT molecular complexity index is 625. The fourth-order valence-corrected chi connectivity index (χ4v) is 2.40. The van der Waals surface area contributed by atoms with Gasteiger partial charge in [0.05, 0.1) is 17.6 Å². The first-order valence-electron chi connectivity index (χ1n) is 5.48. The van der Waals surface area contributed by atoms with Crippen molar-refractivity contribution in [3.63, 3.8) is 0 Å². The van der Waals surface area contributed by atoms with Crippen LogP contribution in [0.2, 0.25) is 0 Å². The van der Waals surface area contributed by atoms with Crippen LogP contribution in [0.1, 0.15) is 17.3 Å². The first kappa shape index (κ1) is 13.2. The number of carbonyl (C=O) groups excluding carboxylic acids is 1. The average Bonchev–Trinajstić information content (AvgIpc) is 2.81. The number of carbonyl (C=O) groups is 2. The molecule has 0 unspecified atom stereocenters. The van der Waals surface area contributed by atoms with E-state index >= 15 is 0 Å². The Morgan fingerprint density at radius 1 is 1.47 bits per heavy atom. The second-order valence-corrected chi connectivity index (χ2v) is 4.38. The van der Waals surface area contributed by atoms with E-state index in [9.17, 15) is 9.59 Å². The topological polar surface area (TPSA) is 101 Å². The molecule has 0 spiro atoms. The highest BCUT2D eigenvalue weighted by Crippen LogP contribution is 2.29. The number of nitrogens with zero attached hydrogens (tertiary/aromatic N) is 2. The molecule has 0 bridgehead atoms. The molecule has 2 N–H and O–H groups in total. The molecule has 2 aromatic rings. The maximum absolute atomic E-state index is 11.8. The lowest BCUT2D eigenvalue weighted by atomic mass is 10.2. The lowest BCUT2D eigenvalue weighted by molar-refractivity contribution is -0.134. The summed E-state index contributed by atoms with van der Waals surface area (Å²) in [6, 6.07) is 0. The van der Waals surface area contributed by atoms with Crippen molar-refractivity contribution >= 4 is 39.3 Å². The maximum Gasteiger partial charge on any atom is 0.339 e. The summed E-state index contributed by atoms with van der Waals surface area (Å²) in [7, 11) is 0. The molecular formula is C11H11N3O4S. The highest BCUT2D eigenvalue weighted by atomic mass is 32.1. The van der Waals surface area contributed by atoms with Crippen LogP contribution in [0.3, 0.4) is 0 Å². The SMILES string of the molecule is CCOC(=O)c1csc2ncnc(NCC(=O)O)c12. The largest absolute Gasteiger partial charge is 0.480 e. The van der Waals surface area contributed by atoms with Crippen molar-refractivity contribution < 1.29 is 19.4 Å². The van der Waals surface area contributed by atoms with Crippen LogP contribution in [0, 0.1) is 0 Å². The molecule has 19 heavy (non-hydrogen) atoms. The number of carboxylic acids is 1. The highest BCUT2D eigenvalue weighted by Gasteiger charge is 2.18. The Morgan fingerprint density at radius 2 is 2.26 bits per heavy atom. The molecule has 0 atom stereocenters. The van der Waals surface area contributed by atoms with Gasteiger partial charge in [0.25, 0.3) is 0 Å². The number of anilines is 1. The van der Waals surface area contributed by atoms with E-state index in [0.29, 0.717) is 21.6 Å². The fourth-order valence-electron chi connectivity index (χ4n) is 1.53. The van der Waals surface area contributed by atoms with Crippen molar-refractivity contribution in [1.82, 2.24) is 9.97 Å². The minimum Gasteiger partial charge on any atom is -0.480 e. The number of esters is 1. The Labute approximate surface area is 112 Å². The van der Waals surface area contributed by atoms with Crippen LogP contribution in [-0.2, 0) is 9.53 Å². The van der Waals surface area contributed by atoms with E-state index in [1.54, 1.807) is 12.3 Å². The lowest BCUT2D eigenvalue weighted by Gasteiger charge is -2.05. The molecule has 8 heteroatoms. The van der Waals surface area contributed by atoms with Gasteiger partial charge in [-0.25, -0.2) is 14.8 Å². The number of fused-ring (bicyclic) bond motifs is 1. The van der Waals surface area contributed by atoms with Gasteiger partial charge in [0, 0.05) is 5.38 Å². The summed E-state index contributed by atoms with van der Waals surface area (Å²) < 4.78 is 4.94. The third-order valence-electron chi connectivity index (χ3n) is 2.27. The van der Waals surface area contributed by atoms with Gasteiger partial charge in [-0.1, -0.05) is 0 Å². The highest BCUT2D eigenvalue weighted by molar-refractivity contribution is 7.17. The monoisotopic (exact) mass is 281 g/mol. The summed E-state index contributed by atoms with van der Waals surface area (Å²) in [6.07, 6.45) is 1.32. The standard InChI is InChI=1S/C11H11N3O4S/c1-2-18-11(17)6-4-19-10-8(6)9(13-5-14-10)12-3-7(15)16/h4-5H,2-3H2,1H3,(H,15,16)(H,12,13,14). The predicted molar refractivity (Wildman–Crippen MR) is 69.5 cm³/mol. The number of aliphatic carboxylic acids is 1. The van der Waals surface area contributed by atoms with Gasteiger partial charge in [-0.3, -0.25) is 4.79 Å². The van der Waals surface area contributed by atoms with Crippen molar-refractivity contribution in [1.29, 1.82) is 0 Å². The minimum absolute atomic E-state index is 0.266. The summed E-state index contributed by atoms with van der Waals surface area (Å²) in [5, 5.41) is 13.4. The molecule has 0 aliphatic heterocycles. The van der Waals surface area contributed by atoms with Gasteiger partial charge in [0.15, 0.2) is 0 Å². The number of thiophene rings is 1. The molecule has 0 aliphatic carbocycles. The smallest absolute Gasteiger partial charge is 0.339 e. The Hall–Kier alpha value is -2.22. The van der Waals surface area contributed by atoms with Crippen molar-refractivity contribution in [3.05, 3.63) is 17.3 Å². The van der Waals surface area contributed by atoms with E-state index in [-0.39, 0.29) is 13.2 Å². The van der Waals surface area contributed by atoms with Gasteiger partial charge in [-0.15, -0.1) is 11.3 Å². The molecule has 2 rings (SSSR count). The van der Waals surface area contributed by atoms with Gasteiger partial charge >= 0.3 is 11.9 Å². The Balaban J connectivity index is 2.43. The number of rotatable bonds is 5. The molecule has 0 amide bonds. The molecule has 0 aliphatic rings. The van der Waals surface area contributed by atoms with Crippen LogP contribution in [0.5, 0.6) is 0 Å². The molecule has 0 fully saturated rings. The van der Waals surface area contributed by atoms with Gasteiger partial charge in [0.1, 0.15) is 23.5 Å². The first-order chi connectivity index (χ1) is 9.13. The molecule has 0 aromatic carbocycles. The number of hydrogen-bond donors (Lipinski definition) is 2. The maximum atomic E-state index is 11.8. The molecule has 0 saturated carbocycles. The summed E-state index contributed by atoms with van der Waals surface area (Å²) in [5.74, 6) is -1.17. The van der Waals surface area contributed by atoms with Crippen LogP contribution < -0.4 is 5.32 Å². The van der Waals surface area contributed by atoms with E-state index in [1.807, 2.05) is 0 Å². The van der Waals surface area contributed by atoms with Crippen molar-refractivity contribution in [2.75, 3.05) is 18.5 Å². The molecule has 2 aromatic heterocycles. The minimum atomic E-state index is -1.01.